The van der Waals surface area contributed by atoms with Crippen LogP contribution >= 0.6 is 11.6 Å². The molecule has 2 aromatic carbocycles. The molecule has 1 heterocycles. The monoisotopic (exact) mass is 385 g/mol. The fourth-order valence-corrected chi connectivity index (χ4v) is 2.86. The molecule has 0 spiro atoms. The lowest BCUT2D eigenvalue weighted by Crippen LogP contribution is -2.41. The van der Waals surface area contributed by atoms with Crippen molar-refractivity contribution >= 4 is 34.3 Å². The van der Waals surface area contributed by atoms with Crippen molar-refractivity contribution in [2.45, 2.75) is 12.8 Å². The molecule has 0 aliphatic carbocycles. The topological polar surface area (TPSA) is 72.4 Å². The van der Waals surface area contributed by atoms with E-state index in [-0.39, 0.29) is 18.2 Å². The van der Waals surface area contributed by atoms with Crippen LogP contribution in [0.4, 0.5) is 0 Å². The summed E-state index contributed by atoms with van der Waals surface area (Å²) in [5, 5.41) is 1.48. The third-order valence-electron chi connectivity index (χ3n) is 4.09. The fraction of sp³-hybridized carbons (Fsp3) is 0.200. The van der Waals surface area contributed by atoms with Crippen LogP contribution in [-0.4, -0.2) is 23.0 Å². The number of benzene rings is 2. The average Bonchev–Trinajstić information content (AvgIpc) is 3.02. The Morgan fingerprint density at radius 3 is 2.59 bits per heavy atom. The quantitative estimate of drug-likeness (QED) is 0.504. The normalized spacial score (nSPS) is 10.6. The van der Waals surface area contributed by atoms with E-state index in [1.54, 1.807) is 30.5 Å². The van der Waals surface area contributed by atoms with Crippen LogP contribution in [0.15, 0.2) is 54.7 Å². The van der Waals surface area contributed by atoms with Gasteiger partial charge in [-0.3, -0.25) is 20.4 Å². The van der Waals surface area contributed by atoms with Crippen molar-refractivity contribution in [1.29, 1.82) is 0 Å². The largest absolute Gasteiger partial charge is 0.494 e. The van der Waals surface area contributed by atoms with Gasteiger partial charge in [-0.05, 0) is 36.8 Å². The second kappa shape index (κ2) is 8.60. The number of para-hydroxylation sites is 1. The van der Waals surface area contributed by atoms with Crippen LogP contribution in [0.3, 0.4) is 0 Å². The highest BCUT2D eigenvalue weighted by Crippen LogP contribution is 2.20. The number of aromatic nitrogens is 1. The van der Waals surface area contributed by atoms with Gasteiger partial charge in [0.25, 0.3) is 5.91 Å². The van der Waals surface area contributed by atoms with Gasteiger partial charge in [-0.2, -0.15) is 0 Å². The van der Waals surface area contributed by atoms with Crippen molar-refractivity contribution < 1.29 is 14.3 Å². The van der Waals surface area contributed by atoms with Crippen LogP contribution in [0, 0.1) is 0 Å². The minimum atomic E-state index is -0.349. The molecule has 0 aliphatic heterocycles. The van der Waals surface area contributed by atoms with Gasteiger partial charge < -0.3 is 9.30 Å². The van der Waals surface area contributed by atoms with Crippen molar-refractivity contribution in [3.63, 3.8) is 0 Å². The predicted octanol–water partition coefficient (Wildman–Crippen LogP) is 3.45. The van der Waals surface area contributed by atoms with E-state index in [0.29, 0.717) is 29.4 Å². The number of rotatable bonds is 6. The number of amides is 2. The lowest BCUT2D eigenvalue weighted by Gasteiger charge is -2.08. The minimum absolute atomic E-state index is 0.239. The van der Waals surface area contributed by atoms with Gasteiger partial charge in [-0.15, -0.1) is 0 Å². The summed E-state index contributed by atoms with van der Waals surface area (Å²) >= 11 is 5.81. The first-order valence-electron chi connectivity index (χ1n) is 8.56. The number of fused-ring (bicyclic) bond motifs is 1. The molecule has 3 rings (SSSR count). The van der Waals surface area contributed by atoms with E-state index in [1.807, 2.05) is 35.9 Å². The summed E-state index contributed by atoms with van der Waals surface area (Å²) in [6.07, 6.45) is 2.51. The van der Waals surface area contributed by atoms with E-state index < -0.39 is 0 Å². The van der Waals surface area contributed by atoms with Crippen molar-refractivity contribution in [1.82, 2.24) is 15.4 Å². The Morgan fingerprint density at radius 1 is 1.07 bits per heavy atom. The van der Waals surface area contributed by atoms with Gasteiger partial charge in [-0.1, -0.05) is 29.8 Å². The fourth-order valence-electron chi connectivity index (χ4n) is 2.73. The van der Waals surface area contributed by atoms with E-state index >= 15 is 0 Å². The molecular formula is C20H20ClN3O3. The molecule has 1 aromatic heterocycles. The van der Waals surface area contributed by atoms with Gasteiger partial charge in [0.05, 0.1) is 12.2 Å². The van der Waals surface area contributed by atoms with Crippen LogP contribution in [-0.2, 0) is 11.8 Å². The summed E-state index contributed by atoms with van der Waals surface area (Å²) < 4.78 is 7.40. The van der Waals surface area contributed by atoms with E-state index in [9.17, 15) is 9.59 Å². The molecule has 0 fully saturated rings. The number of hydrazine groups is 1. The molecule has 2 amide bonds. The standard InChI is InChI=1S/C20H20ClN3O3/c1-24-13-17(16-5-2-3-6-18(16)24)20(26)23-22-19(25)7-4-12-27-15-10-8-14(21)9-11-15/h2-3,5-6,8-11,13H,4,7,12H2,1H3,(H,22,25)(H,23,26). The zero-order valence-electron chi connectivity index (χ0n) is 14.9. The third-order valence-corrected chi connectivity index (χ3v) is 4.34. The number of nitrogens with one attached hydrogen (secondary N) is 2. The molecule has 3 aromatic rings. The van der Waals surface area contributed by atoms with Crippen molar-refractivity contribution in [2.24, 2.45) is 7.05 Å². The summed E-state index contributed by atoms with van der Waals surface area (Å²) in [4.78, 5) is 24.2. The van der Waals surface area contributed by atoms with Gasteiger partial charge in [0, 0.05) is 35.6 Å². The summed E-state index contributed by atoms with van der Waals surface area (Å²) in [5.41, 5.74) is 6.37. The lowest BCUT2D eigenvalue weighted by atomic mass is 10.2. The first kappa shape index (κ1) is 18.8. The second-order valence-corrected chi connectivity index (χ2v) is 6.52. The van der Waals surface area contributed by atoms with Gasteiger partial charge in [0.1, 0.15) is 5.75 Å². The second-order valence-electron chi connectivity index (χ2n) is 6.08. The molecule has 0 unspecified atom stereocenters. The highest BCUT2D eigenvalue weighted by atomic mass is 35.5. The Labute approximate surface area is 162 Å². The van der Waals surface area contributed by atoms with Crippen molar-refractivity contribution in [2.75, 3.05) is 6.61 Å². The van der Waals surface area contributed by atoms with Crippen LogP contribution in [0.1, 0.15) is 23.2 Å². The van der Waals surface area contributed by atoms with Crippen LogP contribution < -0.4 is 15.6 Å². The molecule has 2 N–H and O–H groups in total. The number of carbonyl (C=O) groups is 2. The van der Waals surface area contributed by atoms with E-state index in [4.69, 9.17) is 16.3 Å². The predicted molar refractivity (Wildman–Crippen MR) is 105 cm³/mol. The number of hydrogen-bond acceptors (Lipinski definition) is 3. The summed E-state index contributed by atoms with van der Waals surface area (Å²) in [5.74, 6) is 0.0740. The Balaban J connectivity index is 1.43. The van der Waals surface area contributed by atoms with Gasteiger partial charge in [-0.25, -0.2) is 0 Å². The van der Waals surface area contributed by atoms with Gasteiger partial charge in [0.15, 0.2) is 0 Å². The number of hydrogen-bond donors (Lipinski definition) is 2. The van der Waals surface area contributed by atoms with Crippen molar-refractivity contribution in [3.8, 4) is 5.75 Å². The first-order chi connectivity index (χ1) is 13.0. The molecule has 0 saturated heterocycles. The molecule has 0 saturated carbocycles. The minimum Gasteiger partial charge on any atom is -0.494 e. The number of ether oxygens (including phenoxy) is 1. The third kappa shape index (κ3) is 4.80. The number of aryl methyl sites for hydroxylation is 1. The molecule has 0 atom stereocenters. The van der Waals surface area contributed by atoms with Crippen LogP contribution in [0.5, 0.6) is 5.75 Å². The highest BCUT2D eigenvalue weighted by Gasteiger charge is 2.14. The number of halogens is 1. The number of nitrogens with zero attached hydrogens (tertiary/aromatic N) is 1. The summed E-state index contributed by atoms with van der Waals surface area (Å²) in [6.45, 7) is 0.395. The number of carbonyl (C=O) groups excluding carboxylic acids is 2. The lowest BCUT2D eigenvalue weighted by molar-refractivity contribution is -0.122. The SMILES string of the molecule is Cn1cc(C(=O)NNC(=O)CCCOc2ccc(Cl)cc2)c2ccccc21. The Kier molecular flexibility index (Phi) is 5.98. The first-order valence-corrected chi connectivity index (χ1v) is 8.94. The molecular weight excluding hydrogens is 366 g/mol. The zero-order valence-corrected chi connectivity index (χ0v) is 15.6. The smallest absolute Gasteiger partial charge is 0.271 e. The molecule has 0 radical (unpaired) electrons. The maximum absolute atomic E-state index is 12.3. The zero-order chi connectivity index (χ0) is 19.2. The van der Waals surface area contributed by atoms with E-state index in [0.717, 1.165) is 10.9 Å². The Morgan fingerprint density at radius 2 is 1.81 bits per heavy atom. The van der Waals surface area contributed by atoms with Gasteiger partial charge in [0.2, 0.25) is 5.91 Å². The molecule has 0 aliphatic rings. The average molecular weight is 386 g/mol. The molecule has 0 bridgehead atoms. The summed E-state index contributed by atoms with van der Waals surface area (Å²) in [7, 11) is 1.87. The van der Waals surface area contributed by atoms with Gasteiger partial charge >= 0.3 is 0 Å². The molecule has 27 heavy (non-hydrogen) atoms. The molecule has 7 heteroatoms. The van der Waals surface area contributed by atoms with E-state index in [1.165, 1.54) is 0 Å². The van der Waals surface area contributed by atoms with Crippen molar-refractivity contribution in [3.05, 3.63) is 65.3 Å². The van der Waals surface area contributed by atoms with E-state index in [2.05, 4.69) is 10.9 Å². The maximum atomic E-state index is 12.3. The Bertz CT molecular complexity index is 951. The van der Waals surface area contributed by atoms with Crippen LogP contribution in [0.25, 0.3) is 10.9 Å². The maximum Gasteiger partial charge on any atom is 0.271 e. The van der Waals surface area contributed by atoms with Crippen LogP contribution in [0.2, 0.25) is 5.02 Å². The molecule has 6 nitrogen and oxygen atoms in total. The Hall–Kier alpha value is -2.99. The molecule has 140 valence electrons. The highest BCUT2D eigenvalue weighted by molar-refractivity contribution is 6.30. The summed E-state index contributed by atoms with van der Waals surface area (Å²) in [6, 6.07) is 14.6.